The molecule has 0 amide bonds. The van der Waals surface area contributed by atoms with E-state index in [1.807, 2.05) is 26.0 Å². The van der Waals surface area contributed by atoms with E-state index in [-0.39, 0.29) is 4.90 Å². The Morgan fingerprint density at radius 3 is 2.19 bits per heavy atom. The molecule has 0 saturated carbocycles. The molecule has 8 heteroatoms. The van der Waals surface area contributed by atoms with Crippen molar-refractivity contribution in [1.82, 2.24) is 4.98 Å². The average Bonchev–Trinajstić information content (AvgIpc) is 2.81. The highest BCUT2D eigenvalue weighted by molar-refractivity contribution is 7.92. The topological polar surface area (TPSA) is 74.8 Å². The number of para-hydroxylation sites is 1. The van der Waals surface area contributed by atoms with Crippen LogP contribution < -0.4 is 19.3 Å². The number of benzene rings is 2. The van der Waals surface area contributed by atoms with E-state index in [0.717, 1.165) is 43.1 Å². The number of methoxy groups -OCH3 is 1. The van der Waals surface area contributed by atoms with Gasteiger partial charge in [0.15, 0.2) is 0 Å². The minimum atomic E-state index is -3.81. The second-order valence-electron chi connectivity index (χ2n) is 7.91. The molecule has 7 nitrogen and oxygen atoms in total. The first-order chi connectivity index (χ1) is 15.4. The van der Waals surface area contributed by atoms with Gasteiger partial charge in [0.1, 0.15) is 16.5 Å². The zero-order valence-electron chi connectivity index (χ0n) is 18.6. The fourth-order valence-electron chi connectivity index (χ4n) is 3.81. The molecule has 1 saturated heterocycles. The van der Waals surface area contributed by atoms with Crippen LogP contribution in [0, 0.1) is 13.8 Å². The van der Waals surface area contributed by atoms with Crippen LogP contribution >= 0.6 is 0 Å². The summed E-state index contributed by atoms with van der Waals surface area (Å²) in [4.78, 5) is 9.19. The van der Waals surface area contributed by atoms with Crippen molar-refractivity contribution in [2.24, 2.45) is 0 Å². The van der Waals surface area contributed by atoms with Crippen LogP contribution in [-0.2, 0) is 10.0 Å². The monoisotopic (exact) mass is 452 g/mol. The lowest BCUT2D eigenvalue weighted by Crippen LogP contribution is -2.46. The standard InChI is InChI=1S/C24H28N4O3S/c1-18-15-22(31-3)23(16-19(18)2)32(29,30)26-20-9-10-24(25-17-20)28-13-11-27(12-14-28)21-7-5-4-6-8-21/h4-10,15-17,26H,11-14H2,1-3H3. The Hall–Kier alpha value is -3.26. The molecule has 0 aliphatic carbocycles. The van der Waals surface area contributed by atoms with Crippen molar-refractivity contribution in [3.63, 3.8) is 0 Å². The largest absolute Gasteiger partial charge is 0.495 e. The van der Waals surface area contributed by atoms with Crippen molar-refractivity contribution in [3.8, 4) is 5.75 Å². The molecule has 0 bridgehead atoms. The van der Waals surface area contributed by atoms with Crippen LogP contribution in [-0.4, -0.2) is 46.7 Å². The Morgan fingerprint density at radius 1 is 0.906 bits per heavy atom. The summed E-state index contributed by atoms with van der Waals surface area (Å²) in [5, 5.41) is 0. The van der Waals surface area contributed by atoms with Crippen LogP contribution in [0.25, 0.3) is 0 Å². The van der Waals surface area contributed by atoms with E-state index < -0.39 is 10.0 Å². The third-order valence-electron chi connectivity index (χ3n) is 5.79. The summed E-state index contributed by atoms with van der Waals surface area (Å²) < 4.78 is 33.9. The van der Waals surface area contributed by atoms with Crippen LogP contribution in [0.3, 0.4) is 0 Å². The quantitative estimate of drug-likeness (QED) is 0.613. The molecule has 1 fully saturated rings. The van der Waals surface area contributed by atoms with E-state index in [4.69, 9.17) is 4.74 Å². The molecule has 1 N–H and O–H groups in total. The number of anilines is 3. The summed E-state index contributed by atoms with van der Waals surface area (Å²) in [6.45, 7) is 7.32. The maximum atomic E-state index is 13.0. The third-order valence-corrected chi connectivity index (χ3v) is 7.20. The minimum Gasteiger partial charge on any atom is -0.495 e. The predicted octanol–water partition coefficient (Wildman–Crippen LogP) is 3.83. The van der Waals surface area contributed by atoms with Crippen molar-refractivity contribution in [2.75, 3.05) is 47.8 Å². The number of nitrogens with one attached hydrogen (secondary N) is 1. The van der Waals surface area contributed by atoms with Crippen molar-refractivity contribution in [2.45, 2.75) is 18.7 Å². The van der Waals surface area contributed by atoms with Crippen molar-refractivity contribution in [3.05, 3.63) is 71.9 Å². The average molecular weight is 453 g/mol. The van der Waals surface area contributed by atoms with Crippen molar-refractivity contribution in [1.29, 1.82) is 0 Å². The van der Waals surface area contributed by atoms with Crippen LogP contribution in [0.4, 0.5) is 17.2 Å². The summed E-state index contributed by atoms with van der Waals surface area (Å²) in [5.41, 5.74) is 3.50. The van der Waals surface area contributed by atoms with Gasteiger partial charge in [0.05, 0.1) is 19.0 Å². The Kier molecular flexibility index (Phi) is 6.23. The summed E-state index contributed by atoms with van der Waals surface area (Å²) >= 11 is 0. The van der Waals surface area contributed by atoms with E-state index in [1.165, 1.54) is 12.8 Å². The highest BCUT2D eigenvalue weighted by atomic mass is 32.2. The van der Waals surface area contributed by atoms with E-state index in [1.54, 1.807) is 24.4 Å². The van der Waals surface area contributed by atoms with Crippen molar-refractivity contribution < 1.29 is 13.2 Å². The first-order valence-electron chi connectivity index (χ1n) is 10.6. The van der Waals surface area contributed by atoms with Gasteiger partial charge in [-0.3, -0.25) is 4.72 Å². The van der Waals surface area contributed by atoms with Gasteiger partial charge in [-0.25, -0.2) is 13.4 Å². The Morgan fingerprint density at radius 2 is 1.56 bits per heavy atom. The molecule has 32 heavy (non-hydrogen) atoms. The summed E-state index contributed by atoms with van der Waals surface area (Å²) in [6, 6.07) is 17.3. The molecule has 2 aromatic carbocycles. The molecule has 3 aromatic rings. The van der Waals surface area contributed by atoms with Gasteiger partial charge in [-0.1, -0.05) is 18.2 Å². The number of aryl methyl sites for hydroxylation is 2. The van der Waals surface area contributed by atoms with Gasteiger partial charge in [-0.05, 0) is 61.4 Å². The number of pyridine rings is 1. The number of hydrogen-bond acceptors (Lipinski definition) is 6. The van der Waals surface area contributed by atoms with E-state index in [2.05, 4.69) is 43.8 Å². The summed E-state index contributed by atoms with van der Waals surface area (Å²) in [6.07, 6.45) is 1.56. The number of aromatic nitrogens is 1. The van der Waals surface area contributed by atoms with Gasteiger partial charge in [0.25, 0.3) is 10.0 Å². The molecular weight excluding hydrogens is 424 g/mol. The lowest BCUT2D eigenvalue weighted by atomic mass is 10.1. The second-order valence-corrected chi connectivity index (χ2v) is 9.56. The maximum absolute atomic E-state index is 13.0. The summed E-state index contributed by atoms with van der Waals surface area (Å²) in [7, 11) is -2.34. The predicted molar refractivity (Wildman–Crippen MR) is 128 cm³/mol. The van der Waals surface area contributed by atoms with Crippen LogP contribution in [0.5, 0.6) is 5.75 Å². The third kappa shape index (κ3) is 4.65. The number of rotatable bonds is 6. The van der Waals surface area contributed by atoms with E-state index in [0.29, 0.717) is 11.4 Å². The van der Waals surface area contributed by atoms with Gasteiger partial charge >= 0.3 is 0 Å². The molecule has 0 radical (unpaired) electrons. The number of piperazine rings is 1. The first-order valence-corrected chi connectivity index (χ1v) is 12.0. The van der Waals surface area contributed by atoms with E-state index >= 15 is 0 Å². The number of sulfonamides is 1. The second kappa shape index (κ2) is 9.08. The van der Waals surface area contributed by atoms with Gasteiger partial charge in [0, 0.05) is 31.9 Å². The molecule has 0 atom stereocenters. The zero-order chi connectivity index (χ0) is 22.7. The Labute approximate surface area is 189 Å². The fraction of sp³-hybridized carbons (Fsp3) is 0.292. The van der Waals surface area contributed by atoms with Crippen LogP contribution in [0.1, 0.15) is 11.1 Å². The SMILES string of the molecule is COc1cc(C)c(C)cc1S(=O)(=O)Nc1ccc(N2CCN(c3ccccc3)CC2)nc1. The summed E-state index contributed by atoms with van der Waals surface area (Å²) in [5.74, 6) is 1.16. The van der Waals surface area contributed by atoms with Crippen LogP contribution in [0.2, 0.25) is 0 Å². The normalized spacial score (nSPS) is 14.3. The molecule has 1 aliphatic heterocycles. The molecule has 4 rings (SSSR count). The van der Waals surface area contributed by atoms with Gasteiger partial charge in [-0.15, -0.1) is 0 Å². The van der Waals surface area contributed by atoms with Gasteiger partial charge < -0.3 is 14.5 Å². The molecule has 1 aliphatic rings. The zero-order valence-corrected chi connectivity index (χ0v) is 19.4. The number of hydrogen-bond donors (Lipinski definition) is 1. The molecule has 1 aromatic heterocycles. The molecule has 2 heterocycles. The van der Waals surface area contributed by atoms with Crippen molar-refractivity contribution >= 4 is 27.2 Å². The highest BCUT2D eigenvalue weighted by Gasteiger charge is 2.22. The Balaban J connectivity index is 1.44. The minimum absolute atomic E-state index is 0.115. The molecule has 0 unspecified atom stereocenters. The van der Waals surface area contributed by atoms with E-state index in [9.17, 15) is 8.42 Å². The smallest absolute Gasteiger partial charge is 0.265 e. The number of nitrogens with zero attached hydrogens (tertiary/aromatic N) is 3. The number of ether oxygens (including phenoxy) is 1. The van der Waals surface area contributed by atoms with Gasteiger partial charge in [0.2, 0.25) is 0 Å². The van der Waals surface area contributed by atoms with Gasteiger partial charge in [-0.2, -0.15) is 0 Å². The lowest BCUT2D eigenvalue weighted by Gasteiger charge is -2.36. The van der Waals surface area contributed by atoms with Crippen LogP contribution in [0.15, 0.2) is 65.7 Å². The molecule has 0 spiro atoms. The maximum Gasteiger partial charge on any atom is 0.265 e. The Bertz CT molecular complexity index is 1170. The highest BCUT2D eigenvalue weighted by Crippen LogP contribution is 2.29. The fourth-order valence-corrected chi connectivity index (χ4v) is 5.09. The lowest BCUT2D eigenvalue weighted by molar-refractivity contribution is 0.402. The molecular formula is C24H28N4O3S. The first kappa shape index (κ1) is 22.0. The molecule has 168 valence electrons.